The van der Waals surface area contributed by atoms with Crippen LogP contribution >= 0.6 is 0 Å². The lowest BCUT2D eigenvalue weighted by Crippen LogP contribution is -2.36. The molecule has 5 nitrogen and oxygen atoms in total. The largest absolute Gasteiger partial charge is 0.337 e. The molecular weight excluding hydrogens is 336 g/mol. The summed E-state index contributed by atoms with van der Waals surface area (Å²) in [6, 6.07) is 17.5. The van der Waals surface area contributed by atoms with Crippen molar-refractivity contribution in [3.63, 3.8) is 0 Å². The molecule has 1 aliphatic rings. The van der Waals surface area contributed by atoms with Crippen LogP contribution in [0, 0.1) is 0 Å². The third-order valence-corrected chi connectivity index (χ3v) is 5.73. The van der Waals surface area contributed by atoms with Crippen LogP contribution in [-0.2, 0) is 10.0 Å². The number of amides is 1. The van der Waals surface area contributed by atoms with Crippen LogP contribution in [0.4, 0.5) is 0 Å². The molecule has 25 heavy (non-hydrogen) atoms. The van der Waals surface area contributed by atoms with E-state index in [9.17, 15) is 13.2 Å². The van der Waals surface area contributed by atoms with Crippen molar-refractivity contribution >= 4 is 15.9 Å². The third kappa shape index (κ3) is 4.27. The van der Waals surface area contributed by atoms with E-state index in [1.807, 2.05) is 54.6 Å². The molecule has 0 aromatic heterocycles. The first-order valence-corrected chi connectivity index (χ1v) is 10.2. The summed E-state index contributed by atoms with van der Waals surface area (Å²) in [5.74, 6) is -0.0480. The Kier molecular flexibility index (Phi) is 5.20. The molecule has 3 rings (SSSR count). The molecule has 0 saturated carbocycles. The number of nitrogens with zero attached hydrogens (tertiary/aromatic N) is 2. The molecular formula is C19H22N2O3S. The molecule has 132 valence electrons. The van der Waals surface area contributed by atoms with E-state index in [-0.39, 0.29) is 5.91 Å². The molecule has 0 aliphatic carbocycles. The maximum absolute atomic E-state index is 12.9. The van der Waals surface area contributed by atoms with Crippen molar-refractivity contribution in [3.05, 3.63) is 60.2 Å². The highest BCUT2D eigenvalue weighted by Crippen LogP contribution is 2.21. The first-order chi connectivity index (χ1) is 11.9. The summed E-state index contributed by atoms with van der Waals surface area (Å²) in [4.78, 5) is 14.6. The summed E-state index contributed by atoms with van der Waals surface area (Å²) in [6.45, 7) is 1.80. The first kappa shape index (κ1) is 17.6. The molecule has 1 saturated heterocycles. The number of carbonyl (C=O) groups excluding carboxylic acids is 1. The quantitative estimate of drug-likeness (QED) is 0.847. The number of hydrogen-bond donors (Lipinski definition) is 0. The second kappa shape index (κ2) is 7.37. The Balaban J connectivity index is 1.77. The fourth-order valence-corrected chi connectivity index (χ4v) is 3.95. The van der Waals surface area contributed by atoms with E-state index >= 15 is 0 Å². The lowest BCUT2D eigenvalue weighted by molar-refractivity contribution is 0.0764. The van der Waals surface area contributed by atoms with Crippen molar-refractivity contribution in [2.75, 3.05) is 32.4 Å². The standard InChI is InChI=1S/C19H22N2O3S/c1-25(23,24)21-12-6-11-20(13-14-21)19(22)18-10-5-9-17(15-18)16-7-3-2-4-8-16/h2-5,7-10,15H,6,11-14H2,1H3. The minimum absolute atomic E-state index is 0.0480. The second-order valence-electron chi connectivity index (χ2n) is 6.25. The molecule has 0 spiro atoms. The van der Waals surface area contributed by atoms with Crippen molar-refractivity contribution in [1.29, 1.82) is 0 Å². The summed E-state index contributed by atoms with van der Waals surface area (Å²) < 4.78 is 24.9. The smallest absolute Gasteiger partial charge is 0.253 e. The average Bonchev–Trinajstić information content (AvgIpc) is 2.88. The van der Waals surface area contributed by atoms with E-state index in [1.165, 1.54) is 10.6 Å². The predicted molar refractivity (Wildman–Crippen MR) is 98.8 cm³/mol. The van der Waals surface area contributed by atoms with Gasteiger partial charge in [0.05, 0.1) is 6.26 Å². The second-order valence-corrected chi connectivity index (χ2v) is 8.24. The Hall–Kier alpha value is -2.18. The number of sulfonamides is 1. The average molecular weight is 358 g/mol. The van der Waals surface area contributed by atoms with E-state index in [0.717, 1.165) is 11.1 Å². The van der Waals surface area contributed by atoms with Gasteiger partial charge in [0.25, 0.3) is 5.91 Å². The maximum Gasteiger partial charge on any atom is 0.253 e. The minimum Gasteiger partial charge on any atom is -0.337 e. The van der Waals surface area contributed by atoms with Gasteiger partial charge in [0, 0.05) is 31.7 Å². The van der Waals surface area contributed by atoms with Crippen molar-refractivity contribution in [2.45, 2.75) is 6.42 Å². The molecule has 1 heterocycles. The van der Waals surface area contributed by atoms with Gasteiger partial charge in [-0.1, -0.05) is 42.5 Å². The van der Waals surface area contributed by atoms with Crippen molar-refractivity contribution in [1.82, 2.24) is 9.21 Å². The molecule has 0 atom stereocenters. The topological polar surface area (TPSA) is 57.7 Å². The van der Waals surface area contributed by atoms with Gasteiger partial charge in [0.1, 0.15) is 0 Å². The van der Waals surface area contributed by atoms with Gasteiger partial charge in [-0.2, -0.15) is 0 Å². The summed E-state index contributed by atoms with van der Waals surface area (Å²) in [5, 5.41) is 0. The van der Waals surface area contributed by atoms with Crippen molar-refractivity contribution in [3.8, 4) is 11.1 Å². The summed E-state index contributed by atoms with van der Waals surface area (Å²) in [5.41, 5.74) is 2.70. The summed E-state index contributed by atoms with van der Waals surface area (Å²) in [6.07, 6.45) is 1.87. The zero-order valence-corrected chi connectivity index (χ0v) is 15.1. The highest BCUT2D eigenvalue weighted by Gasteiger charge is 2.24. The molecule has 2 aromatic carbocycles. The van der Waals surface area contributed by atoms with E-state index in [4.69, 9.17) is 0 Å². The van der Waals surface area contributed by atoms with Gasteiger partial charge in [-0.15, -0.1) is 0 Å². The molecule has 6 heteroatoms. The highest BCUT2D eigenvalue weighted by atomic mass is 32.2. The molecule has 1 fully saturated rings. The first-order valence-electron chi connectivity index (χ1n) is 8.35. The molecule has 1 aliphatic heterocycles. The van der Waals surface area contributed by atoms with Gasteiger partial charge in [-0.25, -0.2) is 12.7 Å². The molecule has 0 N–H and O–H groups in total. The molecule has 1 amide bonds. The fourth-order valence-electron chi connectivity index (χ4n) is 3.07. The maximum atomic E-state index is 12.9. The number of benzene rings is 2. The summed E-state index contributed by atoms with van der Waals surface area (Å²) in [7, 11) is -3.21. The van der Waals surface area contributed by atoms with Crippen LogP contribution < -0.4 is 0 Å². The Morgan fingerprint density at radius 3 is 2.32 bits per heavy atom. The summed E-state index contributed by atoms with van der Waals surface area (Å²) >= 11 is 0. The fraction of sp³-hybridized carbons (Fsp3) is 0.316. The van der Waals surface area contributed by atoms with Crippen LogP contribution in [0.15, 0.2) is 54.6 Å². The van der Waals surface area contributed by atoms with Gasteiger partial charge in [0.2, 0.25) is 10.0 Å². The minimum atomic E-state index is -3.21. The van der Waals surface area contributed by atoms with Crippen LogP contribution in [0.5, 0.6) is 0 Å². The van der Waals surface area contributed by atoms with E-state index < -0.39 is 10.0 Å². The SMILES string of the molecule is CS(=O)(=O)N1CCCN(C(=O)c2cccc(-c3ccccc3)c2)CC1. The molecule has 0 bridgehead atoms. The highest BCUT2D eigenvalue weighted by molar-refractivity contribution is 7.88. The normalized spacial score (nSPS) is 16.4. The van der Waals surface area contributed by atoms with Crippen LogP contribution in [0.2, 0.25) is 0 Å². The Morgan fingerprint density at radius 2 is 1.60 bits per heavy atom. The van der Waals surface area contributed by atoms with Crippen molar-refractivity contribution < 1.29 is 13.2 Å². The van der Waals surface area contributed by atoms with Gasteiger partial charge in [0.15, 0.2) is 0 Å². The predicted octanol–water partition coefficient (Wildman–Crippen LogP) is 2.46. The van der Waals surface area contributed by atoms with Gasteiger partial charge >= 0.3 is 0 Å². The number of carbonyl (C=O) groups is 1. The van der Waals surface area contributed by atoms with Crippen LogP contribution in [0.3, 0.4) is 0 Å². The van der Waals surface area contributed by atoms with E-state index in [2.05, 4.69) is 0 Å². The van der Waals surface area contributed by atoms with E-state index in [1.54, 1.807) is 4.90 Å². The van der Waals surface area contributed by atoms with Crippen LogP contribution in [-0.4, -0.2) is 56.0 Å². The molecule has 2 aromatic rings. The molecule has 0 radical (unpaired) electrons. The lowest BCUT2D eigenvalue weighted by Gasteiger charge is -2.21. The third-order valence-electron chi connectivity index (χ3n) is 4.43. The lowest BCUT2D eigenvalue weighted by atomic mass is 10.0. The zero-order chi connectivity index (χ0) is 17.9. The Bertz CT molecular complexity index is 850. The van der Waals surface area contributed by atoms with Gasteiger partial charge in [-0.05, 0) is 29.7 Å². The Morgan fingerprint density at radius 1 is 0.880 bits per heavy atom. The number of rotatable bonds is 3. The van der Waals surface area contributed by atoms with Gasteiger partial charge in [-0.3, -0.25) is 4.79 Å². The van der Waals surface area contributed by atoms with Crippen LogP contribution in [0.1, 0.15) is 16.8 Å². The number of hydrogen-bond acceptors (Lipinski definition) is 3. The zero-order valence-electron chi connectivity index (χ0n) is 14.3. The monoisotopic (exact) mass is 358 g/mol. The van der Waals surface area contributed by atoms with Crippen molar-refractivity contribution in [2.24, 2.45) is 0 Å². The van der Waals surface area contributed by atoms with Crippen LogP contribution in [0.25, 0.3) is 11.1 Å². The van der Waals surface area contributed by atoms with E-state index in [0.29, 0.717) is 38.2 Å². The van der Waals surface area contributed by atoms with Gasteiger partial charge < -0.3 is 4.90 Å². The molecule has 0 unspecified atom stereocenters. The Labute approximate surface area is 148 Å².